The topological polar surface area (TPSA) is 158 Å². The van der Waals surface area contributed by atoms with Crippen LogP contribution in [0.25, 0.3) is 0 Å². The maximum Gasteiger partial charge on any atom is 0.333 e. The van der Waals surface area contributed by atoms with Crippen LogP contribution < -0.4 is 30.5 Å². The molecule has 0 spiro atoms. The Kier molecular flexibility index (Phi) is 13.4. The highest BCUT2D eigenvalue weighted by Gasteiger charge is 2.41. The zero-order valence-electron chi connectivity index (χ0n) is 34.1. The van der Waals surface area contributed by atoms with Crippen molar-refractivity contribution in [3.05, 3.63) is 65.9 Å². The summed E-state index contributed by atoms with van der Waals surface area (Å²) >= 11 is 0. The summed E-state index contributed by atoms with van der Waals surface area (Å²) in [5, 5.41) is 9.42. The zero-order valence-corrected chi connectivity index (χ0v) is 34.1. The first-order chi connectivity index (χ1) is 28.2. The number of likely N-dealkylation sites (tertiary alicyclic amines) is 1. The summed E-state index contributed by atoms with van der Waals surface area (Å²) in [5.74, 6) is 0.958. The summed E-state index contributed by atoms with van der Waals surface area (Å²) in [6, 6.07) is 13.8. The van der Waals surface area contributed by atoms with Crippen LogP contribution in [0.3, 0.4) is 0 Å². The normalized spacial score (nSPS) is 19.8. The van der Waals surface area contributed by atoms with Crippen LogP contribution in [0.1, 0.15) is 112 Å². The second-order valence-corrected chi connectivity index (χ2v) is 16.1. The Bertz CT molecular complexity index is 1910. The van der Waals surface area contributed by atoms with E-state index in [1.807, 2.05) is 37.3 Å². The summed E-state index contributed by atoms with van der Waals surface area (Å²) in [7, 11) is 3.35. The molecule has 14 nitrogen and oxygen atoms in total. The van der Waals surface area contributed by atoms with Crippen LogP contribution in [0.5, 0.6) is 5.75 Å². The quantitative estimate of drug-likeness (QED) is 0.154. The number of esters is 1. The van der Waals surface area contributed by atoms with Crippen LogP contribution in [0.2, 0.25) is 0 Å². The van der Waals surface area contributed by atoms with Crippen molar-refractivity contribution in [2.24, 2.45) is 0 Å². The molecule has 0 radical (unpaired) electrons. The van der Waals surface area contributed by atoms with E-state index in [2.05, 4.69) is 30.7 Å². The van der Waals surface area contributed by atoms with Gasteiger partial charge in [0.25, 0.3) is 5.91 Å². The van der Waals surface area contributed by atoms with E-state index in [4.69, 9.17) is 14.5 Å². The number of carbonyl (C=O) groups is 4. The van der Waals surface area contributed by atoms with Crippen LogP contribution in [0.4, 0.5) is 23.1 Å². The SMILES string of the molecule is CC[C@@H]1C(=O)N(C)c2cnc(Nc3ccc(C(=O)NC4CCN(CCCC(=O)N[C@@H](C(=O)OC5CCCC5)c5ccccc5)CC4)cc3OC)nc2N1C1CCCC1. The van der Waals surface area contributed by atoms with Gasteiger partial charge in [-0.15, -0.1) is 0 Å². The molecule has 0 bridgehead atoms. The molecular formula is C44H58N8O6. The highest BCUT2D eigenvalue weighted by atomic mass is 16.5. The number of rotatable bonds is 15. The lowest BCUT2D eigenvalue weighted by Crippen LogP contribution is -2.55. The van der Waals surface area contributed by atoms with Crippen molar-refractivity contribution in [3.63, 3.8) is 0 Å². The molecule has 2 aliphatic carbocycles. The van der Waals surface area contributed by atoms with E-state index in [0.717, 1.165) is 95.2 Å². The maximum atomic E-state index is 13.4. The van der Waals surface area contributed by atoms with Crippen LogP contribution >= 0.6 is 0 Å². The van der Waals surface area contributed by atoms with Gasteiger partial charge >= 0.3 is 5.97 Å². The predicted octanol–water partition coefficient (Wildman–Crippen LogP) is 6.05. The molecule has 2 aliphatic heterocycles. The molecule has 3 heterocycles. The summed E-state index contributed by atoms with van der Waals surface area (Å²) in [4.78, 5) is 68.5. The van der Waals surface area contributed by atoms with Crippen molar-refractivity contribution in [1.29, 1.82) is 0 Å². The lowest BCUT2D eigenvalue weighted by Gasteiger charge is -2.43. The second kappa shape index (κ2) is 19.0. The van der Waals surface area contributed by atoms with E-state index < -0.39 is 12.0 Å². The second-order valence-electron chi connectivity index (χ2n) is 16.1. The molecule has 4 aliphatic rings. The number of likely N-dealkylation sites (N-methyl/N-ethyl adjacent to an activating group) is 1. The first-order valence-corrected chi connectivity index (χ1v) is 21.2. The van der Waals surface area contributed by atoms with Gasteiger partial charge in [-0.05, 0) is 94.5 Å². The smallest absolute Gasteiger partial charge is 0.333 e. The van der Waals surface area contributed by atoms with E-state index in [1.54, 1.807) is 43.5 Å². The average molecular weight is 795 g/mol. The molecule has 2 atom stereocenters. The molecule has 3 fully saturated rings. The summed E-state index contributed by atoms with van der Waals surface area (Å²) in [5.41, 5.74) is 2.53. The molecule has 2 aromatic carbocycles. The number of methoxy groups -OCH3 is 1. The van der Waals surface area contributed by atoms with E-state index in [9.17, 15) is 19.2 Å². The fourth-order valence-electron chi connectivity index (χ4n) is 8.93. The van der Waals surface area contributed by atoms with Gasteiger partial charge in [0.2, 0.25) is 17.8 Å². The van der Waals surface area contributed by atoms with Gasteiger partial charge in [0.15, 0.2) is 11.9 Å². The van der Waals surface area contributed by atoms with Crippen LogP contribution in [0, 0.1) is 0 Å². The molecule has 0 unspecified atom stereocenters. The van der Waals surface area contributed by atoms with Crippen molar-refractivity contribution in [3.8, 4) is 5.75 Å². The van der Waals surface area contributed by atoms with Crippen molar-refractivity contribution >= 4 is 46.8 Å². The maximum absolute atomic E-state index is 13.4. The Morgan fingerprint density at radius 3 is 2.38 bits per heavy atom. The Morgan fingerprint density at radius 1 is 0.948 bits per heavy atom. The number of aromatic nitrogens is 2. The number of amides is 3. The third-order valence-electron chi connectivity index (χ3n) is 12.2. The molecule has 14 heteroatoms. The number of nitrogens with zero attached hydrogens (tertiary/aromatic N) is 5. The number of fused-ring (bicyclic) bond motifs is 1. The summed E-state index contributed by atoms with van der Waals surface area (Å²) < 4.78 is 11.5. The molecule has 7 rings (SSSR count). The van der Waals surface area contributed by atoms with Crippen molar-refractivity contribution in [2.45, 2.75) is 121 Å². The molecule has 3 aromatic rings. The third-order valence-corrected chi connectivity index (χ3v) is 12.2. The lowest BCUT2D eigenvalue weighted by atomic mass is 10.0. The van der Waals surface area contributed by atoms with Crippen LogP contribution in [0.15, 0.2) is 54.7 Å². The molecule has 1 saturated heterocycles. The molecule has 3 N–H and O–H groups in total. The number of hydrogen-bond acceptors (Lipinski definition) is 11. The number of ether oxygens (including phenoxy) is 2. The molecule has 1 aromatic heterocycles. The highest BCUT2D eigenvalue weighted by Crippen LogP contribution is 2.40. The van der Waals surface area contributed by atoms with Crippen LogP contribution in [-0.2, 0) is 19.1 Å². The first-order valence-electron chi connectivity index (χ1n) is 21.2. The van der Waals surface area contributed by atoms with Gasteiger partial charge in [-0.1, -0.05) is 50.1 Å². The van der Waals surface area contributed by atoms with E-state index in [0.29, 0.717) is 47.9 Å². The number of anilines is 4. The van der Waals surface area contributed by atoms with Gasteiger partial charge in [-0.2, -0.15) is 4.98 Å². The standard InChI is InChI=1S/C44H58N8O6/c1-4-35-42(55)50(2)36-28-45-44(49-40(36)52(35)32-15-8-9-16-32)47-34-21-20-30(27-37(34)57-3)41(54)46-31-22-25-51(26-23-31)24-12-19-38(53)48-39(29-13-6-5-7-14-29)43(56)58-33-17-10-11-18-33/h5-7,13-14,20-21,27-28,31-33,35,39H,4,8-12,15-19,22-26H2,1-3H3,(H,46,54)(H,48,53)(H,45,47,49)/t35-,39-/m1/s1. The zero-order chi connectivity index (χ0) is 40.6. The van der Waals surface area contributed by atoms with E-state index >= 15 is 0 Å². The van der Waals surface area contributed by atoms with Gasteiger partial charge in [-0.25, -0.2) is 9.78 Å². The Morgan fingerprint density at radius 2 is 1.67 bits per heavy atom. The highest BCUT2D eigenvalue weighted by molar-refractivity contribution is 6.04. The van der Waals surface area contributed by atoms with E-state index in [-0.39, 0.29) is 42.0 Å². The van der Waals surface area contributed by atoms with E-state index in [1.165, 1.54) is 0 Å². The van der Waals surface area contributed by atoms with Gasteiger partial charge in [-0.3, -0.25) is 14.4 Å². The number of hydrogen-bond donors (Lipinski definition) is 3. The minimum absolute atomic E-state index is 0.0250. The van der Waals surface area contributed by atoms with Gasteiger partial charge in [0, 0.05) is 44.2 Å². The van der Waals surface area contributed by atoms with Gasteiger partial charge in [0.05, 0.1) is 19.0 Å². The summed E-state index contributed by atoms with van der Waals surface area (Å²) in [6.45, 7) is 4.41. The first kappa shape index (κ1) is 40.9. The minimum Gasteiger partial charge on any atom is -0.495 e. The van der Waals surface area contributed by atoms with Crippen molar-refractivity contribution in [2.75, 3.05) is 48.9 Å². The number of piperidine rings is 1. The largest absolute Gasteiger partial charge is 0.495 e. The number of nitrogens with one attached hydrogen (secondary N) is 3. The minimum atomic E-state index is -0.818. The van der Waals surface area contributed by atoms with Crippen molar-refractivity contribution < 1.29 is 28.7 Å². The fourth-order valence-corrected chi connectivity index (χ4v) is 8.93. The van der Waals surface area contributed by atoms with Crippen molar-refractivity contribution in [1.82, 2.24) is 25.5 Å². The van der Waals surface area contributed by atoms with Gasteiger partial charge in [0.1, 0.15) is 23.6 Å². The van der Waals surface area contributed by atoms with Crippen LogP contribution in [-0.4, -0.2) is 96.6 Å². The monoisotopic (exact) mass is 794 g/mol. The summed E-state index contributed by atoms with van der Waals surface area (Å²) in [6.07, 6.45) is 13.1. The number of carbonyl (C=O) groups excluding carboxylic acids is 4. The molecular weight excluding hydrogens is 737 g/mol. The molecule has 3 amide bonds. The lowest BCUT2D eigenvalue weighted by molar-refractivity contribution is -0.153. The average Bonchev–Trinajstić information content (AvgIpc) is 3.98. The molecule has 58 heavy (non-hydrogen) atoms. The Labute approximate surface area is 341 Å². The predicted molar refractivity (Wildman–Crippen MR) is 222 cm³/mol. The fraction of sp³-hybridized carbons (Fsp3) is 0.545. The Balaban J connectivity index is 0.889. The number of benzene rings is 2. The van der Waals surface area contributed by atoms with Gasteiger partial charge < -0.3 is 40.1 Å². The third kappa shape index (κ3) is 9.54. The molecule has 310 valence electrons. The molecule has 2 saturated carbocycles. The Hall–Kier alpha value is -5.24.